The van der Waals surface area contributed by atoms with Gasteiger partial charge in [-0.25, -0.2) is 0 Å². The summed E-state index contributed by atoms with van der Waals surface area (Å²) in [7, 11) is 2.25. The van der Waals surface area contributed by atoms with Gasteiger partial charge in [-0.15, -0.1) is 0 Å². The Hall–Kier alpha value is -0.120. The van der Waals surface area contributed by atoms with Crippen molar-refractivity contribution in [3.8, 4) is 0 Å². The van der Waals surface area contributed by atoms with Crippen LogP contribution in [0.25, 0.3) is 0 Å². The van der Waals surface area contributed by atoms with E-state index in [4.69, 9.17) is 10.5 Å². The Morgan fingerprint density at radius 1 is 1.32 bits per heavy atom. The Kier molecular flexibility index (Phi) is 4.59. The van der Waals surface area contributed by atoms with Gasteiger partial charge in [-0.2, -0.15) is 0 Å². The molecule has 1 saturated heterocycles. The normalized spacial score (nSPS) is 38.8. The van der Waals surface area contributed by atoms with Crippen molar-refractivity contribution in [2.75, 3.05) is 26.7 Å². The molecule has 2 rings (SSSR count). The van der Waals surface area contributed by atoms with Crippen molar-refractivity contribution in [1.82, 2.24) is 4.90 Å². The summed E-state index contributed by atoms with van der Waals surface area (Å²) in [6.45, 7) is 9.92. The topological polar surface area (TPSA) is 38.5 Å². The van der Waals surface area contributed by atoms with Crippen molar-refractivity contribution >= 4 is 0 Å². The van der Waals surface area contributed by atoms with E-state index in [9.17, 15) is 0 Å². The second kappa shape index (κ2) is 5.71. The minimum absolute atomic E-state index is 0.174. The maximum atomic E-state index is 6.21. The van der Waals surface area contributed by atoms with Crippen molar-refractivity contribution in [3.63, 3.8) is 0 Å². The van der Waals surface area contributed by atoms with Crippen LogP contribution in [0.4, 0.5) is 0 Å². The molecule has 0 aromatic rings. The SMILES string of the molecule is CC1CC(C)(C)CC(CN)(N(C)CC2CCCO2)C1. The molecule has 2 N–H and O–H groups in total. The van der Waals surface area contributed by atoms with Gasteiger partial charge in [-0.1, -0.05) is 20.8 Å². The van der Waals surface area contributed by atoms with Crippen LogP contribution < -0.4 is 5.73 Å². The Balaban J connectivity index is 2.06. The summed E-state index contributed by atoms with van der Waals surface area (Å²) < 4.78 is 5.80. The van der Waals surface area contributed by atoms with Gasteiger partial charge < -0.3 is 10.5 Å². The molecular weight excluding hydrogens is 236 g/mol. The first kappa shape index (κ1) is 15.3. The standard InChI is InChI=1S/C16H32N2O/c1-13-8-15(2,3)11-16(9-13,12-17)18(4)10-14-6-5-7-19-14/h13-14H,5-12,17H2,1-4H3. The highest BCUT2D eigenvalue weighted by Crippen LogP contribution is 2.46. The molecule has 1 aliphatic heterocycles. The van der Waals surface area contributed by atoms with E-state index in [-0.39, 0.29) is 5.54 Å². The molecule has 1 saturated carbocycles. The van der Waals surface area contributed by atoms with Gasteiger partial charge in [0.25, 0.3) is 0 Å². The van der Waals surface area contributed by atoms with Gasteiger partial charge >= 0.3 is 0 Å². The number of hydrogen-bond donors (Lipinski definition) is 1. The van der Waals surface area contributed by atoms with E-state index in [0.717, 1.165) is 25.6 Å². The van der Waals surface area contributed by atoms with E-state index >= 15 is 0 Å². The lowest BCUT2D eigenvalue weighted by atomic mass is 9.63. The molecule has 0 aromatic heterocycles. The predicted molar refractivity (Wildman–Crippen MR) is 80.2 cm³/mol. The van der Waals surface area contributed by atoms with Crippen molar-refractivity contribution in [2.24, 2.45) is 17.1 Å². The molecule has 0 radical (unpaired) electrons. The average Bonchev–Trinajstić information content (AvgIpc) is 2.78. The molecule has 1 heterocycles. The van der Waals surface area contributed by atoms with E-state index in [1.165, 1.54) is 32.1 Å². The first-order valence-corrected chi connectivity index (χ1v) is 7.90. The minimum atomic E-state index is 0.174. The molecule has 2 aliphatic rings. The highest BCUT2D eigenvalue weighted by atomic mass is 16.5. The maximum Gasteiger partial charge on any atom is 0.0702 e. The van der Waals surface area contributed by atoms with Crippen LogP contribution in [0.1, 0.15) is 52.9 Å². The van der Waals surface area contributed by atoms with Crippen LogP contribution >= 0.6 is 0 Å². The number of likely N-dealkylation sites (N-methyl/N-ethyl adjacent to an activating group) is 1. The number of rotatable bonds is 4. The third-order valence-corrected chi connectivity index (χ3v) is 5.13. The molecule has 1 aliphatic carbocycles. The van der Waals surface area contributed by atoms with Crippen LogP contribution in [0.3, 0.4) is 0 Å². The molecule has 0 amide bonds. The van der Waals surface area contributed by atoms with Crippen LogP contribution in [0.5, 0.6) is 0 Å². The fourth-order valence-electron chi connectivity index (χ4n) is 4.59. The number of hydrogen-bond acceptors (Lipinski definition) is 3. The summed E-state index contributed by atoms with van der Waals surface area (Å²) in [5, 5.41) is 0. The largest absolute Gasteiger partial charge is 0.377 e. The van der Waals surface area contributed by atoms with Crippen LogP contribution in [0.2, 0.25) is 0 Å². The van der Waals surface area contributed by atoms with Gasteiger partial charge in [-0.05, 0) is 50.5 Å². The highest BCUT2D eigenvalue weighted by Gasteiger charge is 2.45. The van der Waals surface area contributed by atoms with Crippen molar-refractivity contribution in [1.29, 1.82) is 0 Å². The summed E-state index contributed by atoms with van der Waals surface area (Å²) in [6, 6.07) is 0. The lowest BCUT2D eigenvalue weighted by Gasteiger charge is -2.52. The molecule has 3 nitrogen and oxygen atoms in total. The van der Waals surface area contributed by atoms with Crippen molar-refractivity contribution in [2.45, 2.75) is 64.5 Å². The highest BCUT2D eigenvalue weighted by molar-refractivity contribution is 5.00. The Morgan fingerprint density at radius 3 is 2.58 bits per heavy atom. The second-order valence-electron chi connectivity index (χ2n) is 7.80. The fraction of sp³-hybridized carbons (Fsp3) is 1.00. The molecule has 0 aromatic carbocycles. The number of nitrogens with two attached hydrogens (primary N) is 1. The Morgan fingerprint density at radius 2 is 2.05 bits per heavy atom. The third-order valence-electron chi connectivity index (χ3n) is 5.13. The zero-order chi connectivity index (χ0) is 14.1. The first-order valence-electron chi connectivity index (χ1n) is 7.90. The Labute approximate surface area is 118 Å². The fourth-order valence-corrected chi connectivity index (χ4v) is 4.59. The predicted octanol–water partition coefficient (Wildman–Crippen LogP) is 2.64. The maximum absolute atomic E-state index is 6.21. The van der Waals surface area contributed by atoms with E-state index in [0.29, 0.717) is 11.5 Å². The monoisotopic (exact) mass is 268 g/mol. The molecule has 3 heteroatoms. The van der Waals surface area contributed by atoms with Crippen molar-refractivity contribution < 1.29 is 4.74 Å². The summed E-state index contributed by atoms with van der Waals surface area (Å²) in [6.07, 6.45) is 6.62. The minimum Gasteiger partial charge on any atom is -0.377 e. The van der Waals surface area contributed by atoms with Gasteiger partial charge in [-0.3, -0.25) is 4.90 Å². The molecule has 0 spiro atoms. The van der Waals surface area contributed by atoms with Crippen LogP contribution in [0.15, 0.2) is 0 Å². The molecule has 19 heavy (non-hydrogen) atoms. The first-order chi connectivity index (χ1) is 8.87. The van der Waals surface area contributed by atoms with Crippen LogP contribution in [-0.2, 0) is 4.74 Å². The van der Waals surface area contributed by atoms with Crippen LogP contribution in [-0.4, -0.2) is 43.3 Å². The number of ether oxygens (including phenoxy) is 1. The van der Waals surface area contributed by atoms with Crippen molar-refractivity contribution in [3.05, 3.63) is 0 Å². The van der Waals surface area contributed by atoms with Crippen LogP contribution in [0, 0.1) is 11.3 Å². The van der Waals surface area contributed by atoms with Gasteiger partial charge in [0.2, 0.25) is 0 Å². The third kappa shape index (κ3) is 3.50. The summed E-state index contributed by atoms with van der Waals surface area (Å²) >= 11 is 0. The van der Waals surface area contributed by atoms with Gasteiger partial charge in [0.15, 0.2) is 0 Å². The van der Waals surface area contributed by atoms with E-state index in [2.05, 4.69) is 32.7 Å². The van der Waals surface area contributed by atoms with Gasteiger partial charge in [0.1, 0.15) is 0 Å². The summed E-state index contributed by atoms with van der Waals surface area (Å²) in [5.74, 6) is 0.763. The van der Waals surface area contributed by atoms with E-state index in [1.54, 1.807) is 0 Å². The summed E-state index contributed by atoms with van der Waals surface area (Å²) in [5.41, 5.74) is 6.79. The molecule has 3 unspecified atom stereocenters. The smallest absolute Gasteiger partial charge is 0.0702 e. The molecular formula is C16H32N2O. The molecule has 3 atom stereocenters. The van der Waals surface area contributed by atoms with Gasteiger partial charge in [0, 0.05) is 25.2 Å². The molecule has 112 valence electrons. The molecule has 0 bridgehead atoms. The molecule has 2 fully saturated rings. The summed E-state index contributed by atoms with van der Waals surface area (Å²) in [4.78, 5) is 2.51. The quantitative estimate of drug-likeness (QED) is 0.852. The van der Waals surface area contributed by atoms with E-state index in [1.807, 2.05) is 0 Å². The zero-order valence-electron chi connectivity index (χ0n) is 13.2. The average molecular weight is 268 g/mol. The zero-order valence-corrected chi connectivity index (χ0v) is 13.2. The van der Waals surface area contributed by atoms with Gasteiger partial charge in [0.05, 0.1) is 6.10 Å². The van der Waals surface area contributed by atoms with E-state index < -0.39 is 0 Å². The number of nitrogens with zero attached hydrogens (tertiary/aromatic N) is 1. The Bertz CT molecular complexity index is 299. The second-order valence-corrected chi connectivity index (χ2v) is 7.80. The lowest BCUT2D eigenvalue weighted by molar-refractivity contribution is -0.0231. The lowest BCUT2D eigenvalue weighted by Crippen LogP contribution is -2.59.